The summed E-state index contributed by atoms with van der Waals surface area (Å²) in [6, 6.07) is 20.4. The van der Waals surface area contributed by atoms with Gasteiger partial charge in [0.15, 0.2) is 6.10 Å². The van der Waals surface area contributed by atoms with Crippen molar-refractivity contribution in [3.63, 3.8) is 0 Å². The van der Waals surface area contributed by atoms with Gasteiger partial charge < -0.3 is 15.0 Å². The first kappa shape index (κ1) is 27.3. The fourth-order valence-corrected chi connectivity index (χ4v) is 6.31. The minimum Gasteiger partial charge on any atom is -0.477 e. The van der Waals surface area contributed by atoms with E-state index in [2.05, 4.69) is 5.32 Å². The number of anilines is 1. The van der Waals surface area contributed by atoms with E-state index in [0.717, 1.165) is 15.4 Å². The monoisotopic (exact) mass is 535 g/mol. The molecule has 0 fully saturated rings. The molecule has 0 radical (unpaired) electrons. The minimum absolute atomic E-state index is 0.0243. The zero-order chi connectivity index (χ0) is 27.4. The molecule has 0 saturated heterocycles. The number of para-hydroxylation sites is 2. The van der Waals surface area contributed by atoms with Crippen LogP contribution in [0, 0.1) is 20.8 Å². The summed E-state index contributed by atoms with van der Waals surface area (Å²) in [5, 5.41) is 2.89. The third kappa shape index (κ3) is 5.89. The Bertz CT molecular complexity index is 1420. The van der Waals surface area contributed by atoms with Crippen molar-refractivity contribution in [1.29, 1.82) is 0 Å². The highest BCUT2D eigenvalue weighted by molar-refractivity contribution is 7.89. The fraction of sp³-hybridized carbons (Fsp3) is 0.310. The van der Waals surface area contributed by atoms with Crippen molar-refractivity contribution in [2.24, 2.45) is 0 Å². The van der Waals surface area contributed by atoms with E-state index >= 15 is 0 Å². The van der Waals surface area contributed by atoms with Gasteiger partial charge in [0.05, 0.1) is 23.7 Å². The molecule has 9 heteroatoms. The quantitative estimate of drug-likeness (QED) is 0.477. The van der Waals surface area contributed by atoms with E-state index < -0.39 is 22.0 Å². The summed E-state index contributed by atoms with van der Waals surface area (Å²) >= 11 is 0. The Hall–Kier alpha value is -3.69. The number of likely N-dealkylation sites (N-methyl/N-ethyl adjacent to an activating group) is 1. The largest absolute Gasteiger partial charge is 0.477 e. The second-order valence-electron chi connectivity index (χ2n) is 9.59. The van der Waals surface area contributed by atoms with Crippen LogP contribution in [0.5, 0.6) is 5.75 Å². The van der Waals surface area contributed by atoms with E-state index in [1.807, 2.05) is 49.4 Å². The van der Waals surface area contributed by atoms with E-state index in [0.29, 0.717) is 35.5 Å². The SMILES string of the molecule is Cc1cc(C)c(S(=O)(=O)N(C)CC(=O)N2C[C@@H](C(=O)NCCc3ccccc3)Oc3ccccc32)c(C)c1. The Morgan fingerprint density at radius 2 is 1.63 bits per heavy atom. The van der Waals surface area contributed by atoms with Crippen molar-refractivity contribution in [3.8, 4) is 5.75 Å². The third-order valence-corrected chi connectivity index (χ3v) is 8.66. The standard InChI is InChI=1S/C29H33N3O5S/c1-20-16-21(2)28(22(3)17-20)38(35,36)31(4)19-27(33)32-18-26(37-25-13-9-8-12-24(25)32)29(34)30-15-14-23-10-6-5-7-11-23/h5-13,16-17,26H,14-15,18-19H2,1-4H3,(H,30,34)/t26-/m0/s1. The molecular formula is C29H33N3O5S. The molecule has 3 aromatic rings. The molecule has 0 spiro atoms. The Labute approximate surface area is 224 Å². The number of ether oxygens (including phenoxy) is 1. The van der Waals surface area contributed by atoms with Crippen LogP contribution in [0.3, 0.4) is 0 Å². The smallest absolute Gasteiger partial charge is 0.262 e. The number of rotatable bonds is 8. The lowest BCUT2D eigenvalue weighted by Crippen LogP contribution is -2.53. The number of carbonyl (C=O) groups is 2. The number of amides is 2. The molecular weight excluding hydrogens is 502 g/mol. The van der Waals surface area contributed by atoms with Crippen LogP contribution in [0.1, 0.15) is 22.3 Å². The summed E-state index contributed by atoms with van der Waals surface area (Å²) in [7, 11) is -2.53. The van der Waals surface area contributed by atoms with E-state index in [1.54, 1.807) is 38.1 Å². The maximum atomic E-state index is 13.5. The molecule has 0 bridgehead atoms. The van der Waals surface area contributed by atoms with Gasteiger partial charge in [-0.1, -0.05) is 60.2 Å². The summed E-state index contributed by atoms with van der Waals surface area (Å²) in [5.41, 5.74) is 3.83. The predicted octanol–water partition coefficient (Wildman–Crippen LogP) is 3.39. The van der Waals surface area contributed by atoms with Gasteiger partial charge in [-0.2, -0.15) is 4.31 Å². The molecule has 1 aliphatic heterocycles. The van der Waals surface area contributed by atoms with Crippen LogP contribution in [0.4, 0.5) is 5.69 Å². The summed E-state index contributed by atoms with van der Waals surface area (Å²) < 4.78 is 33.8. The molecule has 1 atom stereocenters. The highest BCUT2D eigenvalue weighted by atomic mass is 32.2. The first-order chi connectivity index (χ1) is 18.1. The van der Waals surface area contributed by atoms with Crippen LogP contribution in [-0.2, 0) is 26.0 Å². The van der Waals surface area contributed by atoms with Gasteiger partial charge in [-0.15, -0.1) is 0 Å². The summed E-state index contributed by atoms with van der Waals surface area (Å²) in [6.07, 6.45) is -0.257. The number of hydrogen-bond donors (Lipinski definition) is 1. The predicted molar refractivity (Wildman–Crippen MR) is 147 cm³/mol. The number of fused-ring (bicyclic) bond motifs is 1. The van der Waals surface area contributed by atoms with Gasteiger partial charge in [0, 0.05) is 13.6 Å². The van der Waals surface area contributed by atoms with E-state index in [1.165, 1.54) is 11.9 Å². The molecule has 1 aliphatic rings. The fourth-order valence-electron chi connectivity index (χ4n) is 4.79. The van der Waals surface area contributed by atoms with Crippen molar-refractivity contribution in [3.05, 3.63) is 89.0 Å². The lowest BCUT2D eigenvalue weighted by Gasteiger charge is -2.35. The number of nitrogens with one attached hydrogen (secondary N) is 1. The van der Waals surface area contributed by atoms with Crippen LogP contribution in [0.25, 0.3) is 0 Å². The van der Waals surface area contributed by atoms with Crippen molar-refractivity contribution in [2.75, 3.05) is 31.6 Å². The van der Waals surface area contributed by atoms with Gasteiger partial charge in [-0.25, -0.2) is 8.42 Å². The second-order valence-corrected chi connectivity index (χ2v) is 11.6. The van der Waals surface area contributed by atoms with Gasteiger partial charge in [-0.05, 0) is 56.0 Å². The summed E-state index contributed by atoms with van der Waals surface area (Å²) in [6.45, 7) is 5.43. The molecule has 4 rings (SSSR count). The normalized spacial score (nSPS) is 15.1. The maximum absolute atomic E-state index is 13.5. The highest BCUT2D eigenvalue weighted by Crippen LogP contribution is 2.33. The van der Waals surface area contributed by atoms with Crippen molar-refractivity contribution >= 4 is 27.5 Å². The van der Waals surface area contributed by atoms with Gasteiger partial charge in [0.1, 0.15) is 5.75 Å². The summed E-state index contributed by atoms with van der Waals surface area (Å²) in [5.74, 6) is -0.387. The highest BCUT2D eigenvalue weighted by Gasteiger charge is 2.35. The van der Waals surface area contributed by atoms with Crippen LogP contribution in [0.15, 0.2) is 71.6 Å². The second kappa shape index (κ2) is 11.4. The molecule has 1 N–H and O–H groups in total. The molecule has 38 heavy (non-hydrogen) atoms. The maximum Gasteiger partial charge on any atom is 0.262 e. The Balaban J connectivity index is 1.49. The average Bonchev–Trinajstić information content (AvgIpc) is 2.87. The van der Waals surface area contributed by atoms with E-state index in [4.69, 9.17) is 4.74 Å². The minimum atomic E-state index is -3.92. The Kier molecular flexibility index (Phi) is 8.18. The number of nitrogens with zero attached hydrogens (tertiary/aromatic N) is 2. The van der Waals surface area contributed by atoms with Crippen LogP contribution in [-0.4, -0.2) is 57.3 Å². The van der Waals surface area contributed by atoms with Gasteiger partial charge in [0.2, 0.25) is 15.9 Å². The van der Waals surface area contributed by atoms with Crippen LogP contribution in [0.2, 0.25) is 0 Å². The van der Waals surface area contributed by atoms with E-state index in [9.17, 15) is 18.0 Å². The van der Waals surface area contributed by atoms with Crippen molar-refractivity contribution < 1.29 is 22.7 Å². The average molecular weight is 536 g/mol. The van der Waals surface area contributed by atoms with E-state index in [-0.39, 0.29) is 23.9 Å². The molecule has 0 aliphatic carbocycles. The van der Waals surface area contributed by atoms with Crippen molar-refractivity contribution in [2.45, 2.75) is 38.2 Å². The molecule has 0 saturated carbocycles. The summed E-state index contributed by atoms with van der Waals surface area (Å²) in [4.78, 5) is 28.1. The van der Waals surface area contributed by atoms with Gasteiger partial charge in [0.25, 0.3) is 5.91 Å². The molecule has 3 aromatic carbocycles. The number of sulfonamides is 1. The Morgan fingerprint density at radius 1 is 1.00 bits per heavy atom. The molecule has 0 aromatic heterocycles. The lowest BCUT2D eigenvalue weighted by atomic mass is 10.1. The topological polar surface area (TPSA) is 96.0 Å². The molecule has 200 valence electrons. The number of aryl methyl sites for hydroxylation is 3. The number of hydrogen-bond acceptors (Lipinski definition) is 5. The molecule has 2 amide bonds. The third-order valence-electron chi connectivity index (χ3n) is 6.55. The van der Waals surface area contributed by atoms with Crippen molar-refractivity contribution in [1.82, 2.24) is 9.62 Å². The number of carbonyl (C=O) groups excluding carboxylic acids is 2. The van der Waals surface area contributed by atoms with Gasteiger partial charge >= 0.3 is 0 Å². The Morgan fingerprint density at radius 3 is 2.32 bits per heavy atom. The molecule has 0 unspecified atom stereocenters. The zero-order valence-electron chi connectivity index (χ0n) is 22.1. The first-order valence-corrected chi connectivity index (χ1v) is 13.9. The van der Waals surface area contributed by atoms with Crippen LogP contribution < -0.4 is 15.0 Å². The molecule has 1 heterocycles. The first-order valence-electron chi connectivity index (χ1n) is 12.5. The number of benzene rings is 3. The molecule has 8 nitrogen and oxygen atoms in total. The van der Waals surface area contributed by atoms with Crippen LogP contribution >= 0.6 is 0 Å². The zero-order valence-corrected chi connectivity index (χ0v) is 22.9. The van der Waals surface area contributed by atoms with Gasteiger partial charge in [-0.3, -0.25) is 9.59 Å². The lowest BCUT2D eigenvalue weighted by molar-refractivity contribution is -0.128.